The fraction of sp³-hybridized carbons (Fsp3) is 0.562. The Bertz CT molecular complexity index is 381. The van der Waals surface area contributed by atoms with Crippen molar-refractivity contribution in [3.05, 3.63) is 35.4 Å². The van der Waals surface area contributed by atoms with Crippen LogP contribution < -0.4 is 0 Å². The van der Waals surface area contributed by atoms with Crippen LogP contribution >= 0.6 is 0 Å². The third-order valence-corrected chi connectivity index (χ3v) is 3.13. The van der Waals surface area contributed by atoms with Gasteiger partial charge in [-0.25, -0.2) is 0 Å². The van der Waals surface area contributed by atoms with E-state index in [0.717, 1.165) is 18.4 Å². The first-order valence-corrected chi connectivity index (χ1v) is 6.97. The van der Waals surface area contributed by atoms with E-state index in [-0.39, 0.29) is 6.42 Å². The predicted molar refractivity (Wildman–Crippen MR) is 76.0 cm³/mol. The second-order valence-electron chi connectivity index (χ2n) is 5.49. The highest BCUT2D eigenvalue weighted by Gasteiger charge is 2.08. The minimum absolute atomic E-state index is 0.181. The quantitative estimate of drug-likeness (QED) is 0.706. The number of carbonyl (C=O) groups is 1. The van der Waals surface area contributed by atoms with Crippen LogP contribution in [0.4, 0.5) is 0 Å². The molecule has 3 nitrogen and oxygen atoms in total. The highest BCUT2D eigenvalue weighted by Crippen LogP contribution is 2.20. The molecular formula is C16H24O3. The topological polar surface area (TPSA) is 57.5 Å². The van der Waals surface area contributed by atoms with Gasteiger partial charge in [-0.15, -0.1) is 0 Å². The van der Waals surface area contributed by atoms with Crippen LogP contribution in [0, 0.1) is 5.92 Å². The third kappa shape index (κ3) is 6.39. The lowest BCUT2D eigenvalue weighted by Crippen LogP contribution is -2.00. The molecule has 0 saturated heterocycles. The monoisotopic (exact) mass is 264 g/mol. The van der Waals surface area contributed by atoms with Gasteiger partial charge in [0.05, 0.1) is 6.10 Å². The van der Waals surface area contributed by atoms with Crippen molar-refractivity contribution in [2.75, 3.05) is 0 Å². The van der Waals surface area contributed by atoms with Crippen molar-refractivity contribution in [2.24, 2.45) is 5.92 Å². The van der Waals surface area contributed by atoms with Crippen molar-refractivity contribution in [1.82, 2.24) is 0 Å². The number of aliphatic carboxylic acids is 1. The smallest absolute Gasteiger partial charge is 0.303 e. The Morgan fingerprint density at radius 2 is 1.79 bits per heavy atom. The first kappa shape index (κ1) is 15.7. The minimum atomic E-state index is -0.771. The highest BCUT2D eigenvalue weighted by molar-refractivity contribution is 5.66. The van der Waals surface area contributed by atoms with Gasteiger partial charge in [-0.05, 0) is 42.7 Å². The molecule has 1 aromatic carbocycles. The Hall–Kier alpha value is -1.35. The summed E-state index contributed by atoms with van der Waals surface area (Å²) in [5.74, 6) is -0.140. The molecule has 3 heteroatoms. The maximum absolute atomic E-state index is 10.4. The van der Waals surface area contributed by atoms with E-state index < -0.39 is 12.1 Å². The molecule has 0 aliphatic rings. The number of unbranched alkanes of at least 4 members (excludes halogenated alkanes) is 1. The van der Waals surface area contributed by atoms with Crippen molar-refractivity contribution >= 4 is 5.97 Å². The molecule has 0 bridgehead atoms. The van der Waals surface area contributed by atoms with Crippen molar-refractivity contribution < 1.29 is 15.0 Å². The highest BCUT2D eigenvalue weighted by atomic mass is 16.4. The molecule has 0 spiro atoms. The van der Waals surface area contributed by atoms with Gasteiger partial charge in [-0.3, -0.25) is 4.79 Å². The average molecular weight is 264 g/mol. The number of rotatable bonds is 8. The predicted octanol–water partition coefficient (Wildman–Crippen LogP) is 3.56. The van der Waals surface area contributed by atoms with Crippen LogP contribution in [0.1, 0.15) is 56.8 Å². The molecule has 106 valence electrons. The zero-order valence-corrected chi connectivity index (χ0v) is 11.8. The van der Waals surface area contributed by atoms with Gasteiger partial charge in [0, 0.05) is 6.42 Å². The lowest BCUT2D eigenvalue weighted by molar-refractivity contribution is -0.137. The van der Waals surface area contributed by atoms with Crippen molar-refractivity contribution in [2.45, 2.75) is 52.1 Å². The van der Waals surface area contributed by atoms with Crippen LogP contribution in [0.3, 0.4) is 0 Å². The fourth-order valence-corrected chi connectivity index (χ4v) is 2.13. The van der Waals surface area contributed by atoms with Crippen LogP contribution in [-0.2, 0) is 11.2 Å². The number of benzene rings is 1. The van der Waals surface area contributed by atoms with E-state index >= 15 is 0 Å². The maximum Gasteiger partial charge on any atom is 0.303 e. The molecule has 0 aromatic heterocycles. The zero-order chi connectivity index (χ0) is 14.3. The van der Waals surface area contributed by atoms with Gasteiger partial charge in [-0.1, -0.05) is 38.1 Å². The summed E-state index contributed by atoms with van der Waals surface area (Å²) >= 11 is 0. The van der Waals surface area contributed by atoms with E-state index in [1.807, 2.05) is 12.1 Å². The van der Waals surface area contributed by atoms with Gasteiger partial charge >= 0.3 is 5.97 Å². The van der Waals surface area contributed by atoms with E-state index in [4.69, 9.17) is 5.11 Å². The molecule has 1 aromatic rings. The summed E-state index contributed by atoms with van der Waals surface area (Å²) in [5, 5.41) is 18.5. The molecule has 1 atom stereocenters. The summed E-state index contributed by atoms with van der Waals surface area (Å²) in [6.45, 7) is 4.37. The third-order valence-electron chi connectivity index (χ3n) is 3.13. The Morgan fingerprint density at radius 1 is 1.16 bits per heavy atom. The molecule has 19 heavy (non-hydrogen) atoms. The Kier molecular flexibility index (Phi) is 6.57. The molecule has 0 saturated carbocycles. The van der Waals surface area contributed by atoms with Gasteiger partial charge in [0.15, 0.2) is 0 Å². The first-order valence-electron chi connectivity index (χ1n) is 6.97. The van der Waals surface area contributed by atoms with E-state index in [9.17, 15) is 9.90 Å². The van der Waals surface area contributed by atoms with Crippen molar-refractivity contribution in [1.29, 1.82) is 0 Å². The number of carboxylic acids is 1. The molecule has 0 amide bonds. The van der Waals surface area contributed by atoms with Gasteiger partial charge < -0.3 is 10.2 Å². The molecule has 0 aliphatic carbocycles. The standard InChI is InChI=1S/C16H24O3/c1-12(2)11-13-7-9-14(10-8-13)15(17)5-3-4-6-16(18)19/h7-10,12,15,17H,3-6,11H2,1-2H3,(H,18,19). The maximum atomic E-state index is 10.4. The summed E-state index contributed by atoms with van der Waals surface area (Å²) in [6, 6.07) is 8.07. The second kappa shape index (κ2) is 7.95. The van der Waals surface area contributed by atoms with Crippen molar-refractivity contribution in [3.63, 3.8) is 0 Å². The summed E-state index contributed by atoms with van der Waals surface area (Å²) in [5.41, 5.74) is 2.21. The van der Waals surface area contributed by atoms with Gasteiger partial charge in [0.1, 0.15) is 0 Å². The van der Waals surface area contributed by atoms with E-state index in [1.165, 1.54) is 5.56 Å². The Labute approximate surface area is 115 Å². The van der Waals surface area contributed by atoms with E-state index in [0.29, 0.717) is 18.8 Å². The van der Waals surface area contributed by atoms with Crippen LogP contribution in [0.15, 0.2) is 24.3 Å². The average Bonchev–Trinajstić information content (AvgIpc) is 2.34. The molecule has 2 N–H and O–H groups in total. The molecule has 0 fully saturated rings. The number of hydrogen-bond donors (Lipinski definition) is 2. The summed E-state index contributed by atoms with van der Waals surface area (Å²) in [6.07, 6.45) is 2.73. The second-order valence-corrected chi connectivity index (χ2v) is 5.49. The van der Waals surface area contributed by atoms with Crippen LogP contribution in [-0.4, -0.2) is 16.2 Å². The summed E-state index contributed by atoms with van der Waals surface area (Å²) in [4.78, 5) is 10.4. The van der Waals surface area contributed by atoms with Crippen molar-refractivity contribution in [3.8, 4) is 0 Å². The normalized spacial score (nSPS) is 12.6. The number of aliphatic hydroxyl groups excluding tert-OH is 1. The van der Waals surface area contributed by atoms with E-state index in [1.54, 1.807) is 0 Å². The van der Waals surface area contributed by atoms with Crippen LogP contribution in [0.25, 0.3) is 0 Å². The van der Waals surface area contributed by atoms with Gasteiger partial charge in [0.2, 0.25) is 0 Å². The molecule has 1 rings (SSSR count). The fourth-order valence-electron chi connectivity index (χ4n) is 2.13. The number of carboxylic acid groups (broad SMARTS) is 1. The molecular weight excluding hydrogens is 240 g/mol. The summed E-state index contributed by atoms with van der Waals surface area (Å²) < 4.78 is 0. The Balaban J connectivity index is 2.39. The van der Waals surface area contributed by atoms with E-state index in [2.05, 4.69) is 26.0 Å². The lowest BCUT2D eigenvalue weighted by atomic mass is 9.98. The zero-order valence-electron chi connectivity index (χ0n) is 11.8. The molecule has 0 aliphatic heterocycles. The lowest BCUT2D eigenvalue weighted by Gasteiger charge is -2.12. The SMILES string of the molecule is CC(C)Cc1ccc(C(O)CCCCC(=O)O)cc1. The van der Waals surface area contributed by atoms with Gasteiger partial charge in [-0.2, -0.15) is 0 Å². The molecule has 0 radical (unpaired) electrons. The number of hydrogen-bond acceptors (Lipinski definition) is 2. The summed E-state index contributed by atoms with van der Waals surface area (Å²) in [7, 11) is 0. The Morgan fingerprint density at radius 3 is 2.32 bits per heavy atom. The minimum Gasteiger partial charge on any atom is -0.481 e. The first-order chi connectivity index (χ1) is 8.99. The number of aliphatic hydroxyl groups is 1. The molecule has 0 heterocycles. The van der Waals surface area contributed by atoms with Crippen LogP contribution in [0.2, 0.25) is 0 Å². The van der Waals surface area contributed by atoms with Gasteiger partial charge in [0.25, 0.3) is 0 Å². The van der Waals surface area contributed by atoms with Crippen LogP contribution in [0.5, 0.6) is 0 Å². The molecule has 1 unspecified atom stereocenters. The largest absolute Gasteiger partial charge is 0.481 e.